The molecule has 0 spiro atoms. The number of pyridine rings is 1. The van der Waals surface area contributed by atoms with Crippen LogP contribution in [-0.4, -0.2) is 49.3 Å². The average molecular weight is 477 g/mol. The number of benzene rings is 1. The Morgan fingerprint density at radius 3 is 2.97 bits per heavy atom. The molecule has 35 heavy (non-hydrogen) atoms. The second-order valence-corrected chi connectivity index (χ2v) is 9.31. The van der Waals surface area contributed by atoms with Gasteiger partial charge in [0.1, 0.15) is 12.3 Å². The number of hydrogen-bond acceptors (Lipinski definition) is 7. The number of nitrogens with one attached hydrogen (secondary N) is 1. The van der Waals surface area contributed by atoms with Crippen molar-refractivity contribution in [2.45, 2.75) is 64.8 Å². The first-order valence-electron chi connectivity index (χ1n) is 12.4. The van der Waals surface area contributed by atoms with Gasteiger partial charge in [-0.3, -0.25) is 9.69 Å². The third-order valence-electron chi connectivity index (χ3n) is 6.75. The molecule has 0 aliphatic carbocycles. The highest BCUT2D eigenvalue weighted by molar-refractivity contribution is 5.81. The summed E-state index contributed by atoms with van der Waals surface area (Å²) in [6, 6.07) is 11.8. The van der Waals surface area contributed by atoms with E-state index in [1.807, 2.05) is 43.3 Å². The molecule has 0 radical (unpaired) electrons. The lowest BCUT2D eigenvalue weighted by Crippen LogP contribution is -2.38. The summed E-state index contributed by atoms with van der Waals surface area (Å²) in [6.07, 6.45) is 5.66. The van der Waals surface area contributed by atoms with E-state index in [9.17, 15) is 4.79 Å². The first kappa shape index (κ1) is 23.4. The molecule has 1 saturated heterocycles. The molecule has 2 atom stereocenters. The Labute approximate surface area is 204 Å². The SMILES string of the molecule is CCC[C@H](c1nnnn1Cc1ccco1)N(Cc1cc2cccc(C)c2[nH]c1=O)C[C@H]1CCCO1. The first-order chi connectivity index (χ1) is 17.1. The van der Waals surface area contributed by atoms with Gasteiger partial charge in [-0.05, 0) is 65.8 Å². The van der Waals surface area contributed by atoms with Crippen molar-refractivity contribution in [1.29, 1.82) is 0 Å². The summed E-state index contributed by atoms with van der Waals surface area (Å²) in [7, 11) is 0. The summed E-state index contributed by atoms with van der Waals surface area (Å²) in [4.78, 5) is 18.5. The van der Waals surface area contributed by atoms with Crippen LogP contribution in [0.25, 0.3) is 10.9 Å². The third-order valence-corrected chi connectivity index (χ3v) is 6.75. The van der Waals surface area contributed by atoms with E-state index < -0.39 is 0 Å². The Kier molecular flexibility index (Phi) is 7.06. The molecule has 1 aromatic carbocycles. The topological polar surface area (TPSA) is 102 Å². The lowest BCUT2D eigenvalue weighted by Gasteiger charge is -2.32. The van der Waals surface area contributed by atoms with Crippen LogP contribution in [0.4, 0.5) is 0 Å². The van der Waals surface area contributed by atoms with E-state index in [0.717, 1.165) is 65.9 Å². The lowest BCUT2D eigenvalue weighted by atomic mass is 10.0. The van der Waals surface area contributed by atoms with E-state index in [0.29, 0.717) is 19.6 Å². The van der Waals surface area contributed by atoms with Crippen molar-refractivity contribution in [3.05, 3.63) is 75.7 Å². The molecule has 9 heteroatoms. The van der Waals surface area contributed by atoms with E-state index in [-0.39, 0.29) is 17.7 Å². The zero-order valence-electron chi connectivity index (χ0n) is 20.3. The highest BCUT2D eigenvalue weighted by atomic mass is 16.5. The summed E-state index contributed by atoms with van der Waals surface area (Å²) >= 11 is 0. The normalized spacial score (nSPS) is 16.9. The van der Waals surface area contributed by atoms with E-state index in [2.05, 4.69) is 32.3 Å². The zero-order valence-corrected chi connectivity index (χ0v) is 20.3. The number of fused-ring (bicyclic) bond motifs is 1. The van der Waals surface area contributed by atoms with E-state index >= 15 is 0 Å². The Bertz CT molecular complexity index is 1310. The molecule has 5 rings (SSSR count). The molecule has 1 aliphatic heterocycles. The smallest absolute Gasteiger partial charge is 0.252 e. The van der Waals surface area contributed by atoms with Gasteiger partial charge in [-0.1, -0.05) is 31.5 Å². The van der Waals surface area contributed by atoms with Crippen LogP contribution in [-0.2, 0) is 17.8 Å². The van der Waals surface area contributed by atoms with Gasteiger partial charge in [0.15, 0.2) is 5.82 Å². The number of rotatable bonds is 10. The second kappa shape index (κ2) is 10.5. The van der Waals surface area contributed by atoms with E-state index in [1.165, 1.54) is 0 Å². The van der Waals surface area contributed by atoms with Crippen LogP contribution >= 0.6 is 0 Å². The Morgan fingerprint density at radius 2 is 2.20 bits per heavy atom. The van der Waals surface area contributed by atoms with E-state index in [4.69, 9.17) is 9.15 Å². The Morgan fingerprint density at radius 1 is 1.29 bits per heavy atom. The number of ether oxygens (including phenoxy) is 1. The predicted octanol–water partition coefficient (Wildman–Crippen LogP) is 3.99. The number of tetrazole rings is 1. The zero-order chi connectivity index (χ0) is 24.2. The summed E-state index contributed by atoms with van der Waals surface area (Å²) in [5, 5.41) is 13.7. The first-order valence-corrected chi connectivity index (χ1v) is 12.4. The van der Waals surface area contributed by atoms with Crippen molar-refractivity contribution in [1.82, 2.24) is 30.1 Å². The summed E-state index contributed by atoms with van der Waals surface area (Å²) in [5.41, 5.74) is 2.62. The van der Waals surface area contributed by atoms with Crippen LogP contribution in [0.15, 0.2) is 51.9 Å². The maximum Gasteiger partial charge on any atom is 0.252 e. The van der Waals surface area contributed by atoms with Gasteiger partial charge >= 0.3 is 0 Å². The molecule has 0 bridgehead atoms. The maximum absolute atomic E-state index is 13.1. The molecule has 1 fully saturated rings. The Hall–Kier alpha value is -3.30. The maximum atomic E-state index is 13.1. The van der Waals surface area contributed by atoms with Crippen LogP contribution in [0.3, 0.4) is 0 Å². The molecule has 184 valence electrons. The van der Waals surface area contributed by atoms with Crippen LogP contribution in [0.1, 0.15) is 61.4 Å². The quantitative estimate of drug-likeness (QED) is 0.369. The fourth-order valence-electron chi connectivity index (χ4n) is 4.98. The van der Waals surface area contributed by atoms with Crippen LogP contribution in [0, 0.1) is 6.92 Å². The van der Waals surface area contributed by atoms with Crippen molar-refractivity contribution < 1.29 is 9.15 Å². The van der Waals surface area contributed by atoms with Crippen molar-refractivity contribution in [2.24, 2.45) is 0 Å². The van der Waals surface area contributed by atoms with Crippen LogP contribution in [0.2, 0.25) is 0 Å². The molecule has 0 amide bonds. The molecule has 4 aromatic rings. The van der Waals surface area contributed by atoms with Gasteiger partial charge in [0.05, 0.1) is 23.9 Å². The highest BCUT2D eigenvalue weighted by Crippen LogP contribution is 2.28. The largest absolute Gasteiger partial charge is 0.467 e. The van der Waals surface area contributed by atoms with Gasteiger partial charge in [0.2, 0.25) is 0 Å². The fraction of sp³-hybridized carbons (Fsp3) is 0.462. The van der Waals surface area contributed by atoms with Gasteiger partial charge in [-0.2, -0.15) is 0 Å². The number of para-hydroxylation sites is 1. The third kappa shape index (κ3) is 5.21. The number of aryl methyl sites for hydroxylation is 1. The molecular formula is C26H32N6O3. The fourth-order valence-corrected chi connectivity index (χ4v) is 4.98. The number of aromatic nitrogens is 5. The molecule has 1 aliphatic rings. The van der Waals surface area contributed by atoms with Gasteiger partial charge in [0, 0.05) is 25.3 Å². The van der Waals surface area contributed by atoms with Gasteiger partial charge in [-0.25, -0.2) is 4.68 Å². The number of nitrogens with zero attached hydrogens (tertiary/aromatic N) is 5. The summed E-state index contributed by atoms with van der Waals surface area (Å²) < 4.78 is 13.3. The minimum Gasteiger partial charge on any atom is -0.467 e. The molecule has 9 nitrogen and oxygen atoms in total. The van der Waals surface area contributed by atoms with Gasteiger partial charge in [-0.15, -0.1) is 5.10 Å². The summed E-state index contributed by atoms with van der Waals surface area (Å²) in [6.45, 7) is 6.60. The second-order valence-electron chi connectivity index (χ2n) is 9.31. The molecule has 4 heterocycles. The monoisotopic (exact) mass is 476 g/mol. The lowest BCUT2D eigenvalue weighted by molar-refractivity contribution is 0.0476. The minimum atomic E-state index is -0.0678. The average Bonchev–Trinajstić information content (AvgIpc) is 3.63. The van der Waals surface area contributed by atoms with Crippen molar-refractivity contribution in [2.75, 3.05) is 13.2 Å². The Balaban J connectivity index is 1.50. The number of H-pyrrole nitrogens is 1. The summed E-state index contributed by atoms with van der Waals surface area (Å²) in [5.74, 6) is 1.56. The van der Waals surface area contributed by atoms with E-state index in [1.54, 1.807) is 10.9 Å². The highest BCUT2D eigenvalue weighted by Gasteiger charge is 2.30. The van der Waals surface area contributed by atoms with Crippen molar-refractivity contribution in [3.63, 3.8) is 0 Å². The molecule has 0 unspecified atom stereocenters. The number of hydrogen-bond donors (Lipinski definition) is 1. The molecule has 1 N–H and O–H groups in total. The molecule has 0 saturated carbocycles. The molecule has 3 aromatic heterocycles. The van der Waals surface area contributed by atoms with Crippen molar-refractivity contribution in [3.8, 4) is 0 Å². The van der Waals surface area contributed by atoms with Crippen molar-refractivity contribution >= 4 is 10.9 Å². The molecular weight excluding hydrogens is 444 g/mol. The van der Waals surface area contributed by atoms with Gasteiger partial charge < -0.3 is 14.1 Å². The number of furan rings is 1. The van der Waals surface area contributed by atoms with Crippen LogP contribution < -0.4 is 5.56 Å². The van der Waals surface area contributed by atoms with Crippen LogP contribution in [0.5, 0.6) is 0 Å². The predicted molar refractivity (Wildman–Crippen MR) is 132 cm³/mol. The standard InChI is InChI=1S/C26H32N6O3/c1-3-7-23(25-28-29-30-32(25)17-22-11-6-13-35-22)31(16-21-10-5-12-34-21)15-20-14-19-9-4-8-18(2)24(19)27-26(20)33/h4,6,8-9,11,13-14,21,23H,3,5,7,10,12,15-17H2,1-2H3,(H,27,33)/t21-,23-/m1/s1. The van der Waals surface area contributed by atoms with Gasteiger partial charge in [0.25, 0.3) is 5.56 Å². The number of aromatic amines is 1. The minimum absolute atomic E-state index is 0.0606.